The molecule has 0 saturated carbocycles. The SMILES string of the molecule is O=C(NCCc1ccccc1F)C1CCN(C(=O)c2ccc(Br)cc2)CC1. The number of hydrogen-bond acceptors (Lipinski definition) is 2. The fourth-order valence-electron chi connectivity index (χ4n) is 3.29. The molecule has 0 aliphatic carbocycles. The maximum atomic E-state index is 13.6. The van der Waals surface area contributed by atoms with Gasteiger partial charge in [0.1, 0.15) is 5.82 Å². The Morgan fingerprint density at radius 3 is 2.41 bits per heavy atom. The number of rotatable bonds is 5. The Labute approximate surface area is 166 Å². The van der Waals surface area contributed by atoms with Gasteiger partial charge in [-0.1, -0.05) is 34.1 Å². The lowest BCUT2D eigenvalue weighted by Crippen LogP contribution is -2.43. The van der Waals surface area contributed by atoms with Crippen molar-refractivity contribution in [3.8, 4) is 0 Å². The molecule has 0 spiro atoms. The normalized spacial score (nSPS) is 14.8. The van der Waals surface area contributed by atoms with E-state index in [2.05, 4.69) is 21.2 Å². The van der Waals surface area contributed by atoms with Gasteiger partial charge >= 0.3 is 0 Å². The summed E-state index contributed by atoms with van der Waals surface area (Å²) in [4.78, 5) is 26.7. The Kier molecular flexibility index (Phi) is 6.61. The zero-order valence-corrected chi connectivity index (χ0v) is 16.5. The van der Waals surface area contributed by atoms with Crippen molar-refractivity contribution in [2.75, 3.05) is 19.6 Å². The second-order valence-corrected chi connectivity index (χ2v) is 7.62. The number of halogens is 2. The van der Waals surface area contributed by atoms with Crippen LogP contribution in [0.25, 0.3) is 0 Å². The first kappa shape index (κ1) is 19.5. The number of carbonyl (C=O) groups excluding carboxylic acids is 2. The molecule has 142 valence electrons. The molecule has 3 rings (SSSR count). The van der Waals surface area contributed by atoms with Crippen LogP contribution in [0.2, 0.25) is 0 Å². The Balaban J connectivity index is 1.44. The number of piperidine rings is 1. The van der Waals surface area contributed by atoms with Crippen LogP contribution in [0, 0.1) is 11.7 Å². The Morgan fingerprint density at radius 1 is 1.07 bits per heavy atom. The minimum absolute atomic E-state index is 0.000843. The van der Waals surface area contributed by atoms with E-state index in [1.165, 1.54) is 6.07 Å². The smallest absolute Gasteiger partial charge is 0.253 e. The first-order chi connectivity index (χ1) is 13.0. The lowest BCUT2D eigenvalue weighted by atomic mass is 9.95. The summed E-state index contributed by atoms with van der Waals surface area (Å²) in [6, 6.07) is 13.9. The summed E-state index contributed by atoms with van der Waals surface area (Å²) in [5.41, 5.74) is 1.26. The topological polar surface area (TPSA) is 49.4 Å². The molecule has 27 heavy (non-hydrogen) atoms. The van der Waals surface area contributed by atoms with Gasteiger partial charge in [-0.05, 0) is 55.2 Å². The molecule has 2 amide bonds. The minimum Gasteiger partial charge on any atom is -0.356 e. The van der Waals surface area contributed by atoms with Crippen molar-refractivity contribution in [1.29, 1.82) is 0 Å². The number of benzene rings is 2. The van der Waals surface area contributed by atoms with Crippen LogP contribution in [0.5, 0.6) is 0 Å². The van der Waals surface area contributed by atoms with Gasteiger partial charge in [-0.3, -0.25) is 9.59 Å². The van der Waals surface area contributed by atoms with Crippen LogP contribution in [0.1, 0.15) is 28.8 Å². The molecule has 1 aliphatic rings. The molecule has 1 aliphatic heterocycles. The third-order valence-electron chi connectivity index (χ3n) is 4.90. The standard InChI is InChI=1S/C21H22BrFN2O2/c22-18-7-5-17(6-8-18)21(27)25-13-10-16(11-14-25)20(26)24-12-9-15-3-1-2-4-19(15)23/h1-8,16H,9-14H2,(H,24,26). The summed E-state index contributed by atoms with van der Waals surface area (Å²) in [6.07, 6.45) is 1.76. The summed E-state index contributed by atoms with van der Waals surface area (Å²) < 4.78 is 14.5. The molecule has 4 nitrogen and oxygen atoms in total. The van der Waals surface area contributed by atoms with E-state index in [-0.39, 0.29) is 23.5 Å². The number of hydrogen-bond donors (Lipinski definition) is 1. The van der Waals surface area contributed by atoms with Gasteiger partial charge in [0, 0.05) is 35.6 Å². The number of carbonyl (C=O) groups is 2. The molecular formula is C21H22BrFN2O2. The molecule has 0 atom stereocenters. The van der Waals surface area contributed by atoms with Crippen LogP contribution in [0.4, 0.5) is 4.39 Å². The summed E-state index contributed by atoms with van der Waals surface area (Å²) in [7, 11) is 0. The van der Waals surface area contributed by atoms with Gasteiger partial charge in [0.15, 0.2) is 0 Å². The van der Waals surface area contributed by atoms with Crippen LogP contribution in [-0.4, -0.2) is 36.3 Å². The van der Waals surface area contributed by atoms with Crippen LogP contribution in [0.3, 0.4) is 0 Å². The highest BCUT2D eigenvalue weighted by molar-refractivity contribution is 9.10. The highest BCUT2D eigenvalue weighted by Gasteiger charge is 2.27. The summed E-state index contributed by atoms with van der Waals surface area (Å²) in [5.74, 6) is -0.353. The summed E-state index contributed by atoms with van der Waals surface area (Å²) in [6.45, 7) is 1.55. The molecule has 2 aromatic carbocycles. The molecule has 2 aromatic rings. The molecule has 1 fully saturated rings. The molecule has 1 heterocycles. The first-order valence-corrected chi connectivity index (χ1v) is 9.90. The van der Waals surface area contributed by atoms with E-state index in [0.717, 1.165) is 4.47 Å². The lowest BCUT2D eigenvalue weighted by Gasteiger charge is -2.31. The van der Waals surface area contributed by atoms with E-state index in [0.29, 0.717) is 50.0 Å². The van der Waals surface area contributed by atoms with Crippen molar-refractivity contribution in [2.24, 2.45) is 5.92 Å². The minimum atomic E-state index is -0.244. The number of amides is 2. The maximum Gasteiger partial charge on any atom is 0.253 e. The number of nitrogens with zero attached hydrogens (tertiary/aromatic N) is 1. The van der Waals surface area contributed by atoms with E-state index >= 15 is 0 Å². The van der Waals surface area contributed by atoms with E-state index < -0.39 is 0 Å². The van der Waals surface area contributed by atoms with E-state index in [4.69, 9.17) is 0 Å². The largest absolute Gasteiger partial charge is 0.356 e. The first-order valence-electron chi connectivity index (χ1n) is 9.10. The van der Waals surface area contributed by atoms with Crippen molar-refractivity contribution in [1.82, 2.24) is 10.2 Å². The highest BCUT2D eigenvalue weighted by Crippen LogP contribution is 2.20. The average Bonchev–Trinajstić information content (AvgIpc) is 2.69. The van der Waals surface area contributed by atoms with Crippen LogP contribution >= 0.6 is 15.9 Å². The lowest BCUT2D eigenvalue weighted by molar-refractivity contribution is -0.126. The van der Waals surface area contributed by atoms with Gasteiger partial charge in [0.2, 0.25) is 5.91 Å². The fourth-order valence-corrected chi connectivity index (χ4v) is 3.55. The molecule has 1 N–H and O–H groups in total. The Bertz CT molecular complexity index is 802. The Morgan fingerprint density at radius 2 is 1.74 bits per heavy atom. The number of nitrogens with one attached hydrogen (secondary N) is 1. The van der Waals surface area contributed by atoms with Gasteiger partial charge < -0.3 is 10.2 Å². The van der Waals surface area contributed by atoms with Gasteiger partial charge in [-0.25, -0.2) is 4.39 Å². The molecule has 0 unspecified atom stereocenters. The van der Waals surface area contributed by atoms with Crippen molar-refractivity contribution < 1.29 is 14.0 Å². The third-order valence-corrected chi connectivity index (χ3v) is 5.42. The van der Waals surface area contributed by atoms with Gasteiger partial charge in [0.25, 0.3) is 5.91 Å². The second-order valence-electron chi connectivity index (χ2n) is 6.71. The molecule has 0 bridgehead atoms. The zero-order chi connectivity index (χ0) is 19.2. The fraction of sp³-hybridized carbons (Fsp3) is 0.333. The van der Waals surface area contributed by atoms with Crippen molar-refractivity contribution in [3.05, 3.63) is 69.9 Å². The maximum absolute atomic E-state index is 13.6. The van der Waals surface area contributed by atoms with Crippen molar-refractivity contribution >= 4 is 27.7 Å². The molecule has 6 heteroatoms. The van der Waals surface area contributed by atoms with Crippen LogP contribution in [0.15, 0.2) is 53.0 Å². The van der Waals surface area contributed by atoms with Crippen molar-refractivity contribution in [3.63, 3.8) is 0 Å². The second kappa shape index (κ2) is 9.13. The van der Waals surface area contributed by atoms with Crippen molar-refractivity contribution in [2.45, 2.75) is 19.3 Å². The summed E-state index contributed by atoms with van der Waals surface area (Å²) >= 11 is 3.36. The molecular weight excluding hydrogens is 411 g/mol. The third kappa shape index (κ3) is 5.16. The van der Waals surface area contributed by atoms with E-state index in [1.54, 1.807) is 35.2 Å². The number of likely N-dealkylation sites (tertiary alicyclic amines) is 1. The van der Waals surface area contributed by atoms with Gasteiger partial charge in [0.05, 0.1) is 0 Å². The van der Waals surface area contributed by atoms with Gasteiger partial charge in [-0.15, -0.1) is 0 Å². The molecule has 0 radical (unpaired) electrons. The van der Waals surface area contributed by atoms with E-state index in [1.807, 2.05) is 12.1 Å². The van der Waals surface area contributed by atoms with Crippen LogP contribution < -0.4 is 5.32 Å². The van der Waals surface area contributed by atoms with Crippen LogP contribution in [-0.2, 0) is 11.2 Å². The Hall–Kier alpha value is -2.21. The average molecular weight is 433 g/mol. The molecule has 0 aromatic heterocycles. The highest BCUT2D eigenvalue weighted by atomic mass is 79.9. The monoisotopic (exact) mass is 432 g/mol. The zero-order valence-electron chi connectivity index (χ0n) is 15.0. The molecule has 1 saturated heterocycles. The predicted molar refractivity (Wildman–Crippen MR) is 106 cm³/mol. The van der Waals surface area contributed by atoms with E-state index in [9.17, 15) is 14.0 Å². The summed E-state index contributed by atoms with van der Waals surface area (Å²) in [5, 5.41) is 2.90. The quantitative estimate of drug-likeness (QED) is 0.780. The predicted octanol–water partition coefficient (Wildman–Crippen LogP) is 3.80. The van der Waals surface area contributed by atoms with Gasteiger partial charge in [-0.2, -0.15) is 0 Å².